The summed E-state index contributed by atoms with van der Waals surface area (Å²) >= 11 is 0. The Bertz CT molecular complexity index is 645. The molecule has 0 N–H and O–H groups in total. The van der Waals surface area contributed by atoms with Gasteiger partial charge in [0.2, 0.25) is 0 Å². The highest BCUT2D eigenvalue weighted by Crippen LogP contribution is 2.18. The molecular weight excluding hydrogens is 352 g/mol. The Morgan fingerprint density at radius 3 is 1.90 bits per heavy atom. The zero-order chi connectivity index (χ0) is 20.7. The van der Waals surface area contributed by atoms with Crippen molar-refractivity contribution in [3.05, 3.63) is 47.8 Å². The van der Waals surface area contributed by atoms with Gasteiger partial charge in [0.1, 0.15) is 0 Å². The molecule has 1 heterocycles. The van der Waals surface area contributed by atoms with Crippen LogP contribution in [0.2, 0.25) is 0 Å². The minimum atomic E-state index is 0.844. The second-order valence-electron chi connectivity index (χ2n) is 8.74. The first kappa shape index (κ1) is 23.6. The zero-order valence-electron chi connectivity index (χ0n) is 19.1. The molecule has 1 atom stereocenters. The van der Waals surface area contributed by atoms with Crippen molar-refractivity contribution in [2.75, 3.05) is 0 Å². The topological polar surface area (TPSA) is 25.8 Å². The van der Waals surface area contributed by atoms with Gasteiger partial charge in [-0.15, -0.1) is 0 Å². The zero-order valence-corrected chi connectivity index (χ0v) is 19.1. The molecule has 0 aliphatic rings. The van der Waals surface area contributed by atoms with Gasteiger partial charge in [-0.25, -0.2) is 9.97 Å². The van der Waals surface area contributed by atoms with E-state index in [1.807, 2.05) is 12.4 Å². The number of rotatable bonds is 15. The summed E-state index contributed by atoms with van der Waals surface area (Å²) in [5.74, 6) is 1.73. The highest BCUT2D eigenvalue weighted by molar-refractivity contribution is 5.55. The summed E-state index contributed by atoms with van der Waals surface area (Å²) in [4.78, 5) is 9.23. The van der Waals surface area contributed by atoms with E-state index in [4.69, 9.17) is 0 Å². The number of benzene rings is 1. The van der Waals surface area contributed by atoms with Crippen LogP contribution in [0.1, 0.15) is 103 Å². The maximum absolute atomic E-state index is 4.61. The summed E-state index contributed by atoms with van der Waals surface area (Å²) < 4.78 is 0. The molecule has 0 spiro atoms. The molecule has 2 aromatic rings. The van der Waals surface area contributed by atoms with Gasteiger partial charge in [0.25, 0.3) is 0 Å². The number of aryl methyl sites for hydroxylation is 2. The van der Waals surface area contributed by atoms with Crippen LogP contribution in [0.15, 0.2) is 36.7 Å². The van der Waals surface area contributed by atoms with Crippen LogP contribution in [-0.2, 0) is 12.8 Å². The van der Waals surface area contributed by atoms with Gasteiger partial charge >= 0.3 is 0 Å². The molecule has 0 saturated carbocycles. The van der Waals surface area contributed by atoms with Crippen LogP contribution >= 0.6 is 0 Å². The van der Waals surface area contributed by atoms with E-state index in [-0.39, 0.29) is 0 Å². The Morgan fingerprint density at radius 1 is 0.690 bits per heavy atom. The van der Waals surface area contributed by atoms with Crippen LogP contribution < -0.4 is 0 Å². The smallest absolute Gasteiger partial charge is 0.159 e. The molecule has 0 radical (unpaired) electrons. The third-order valence-electron chi connectivity index (χ3n) is 6.10. The Morgan fingerprint density at radius 2 is 1.28 bits per heavy atom. The van der Waals surface area contributed by atoms with Crippen LogP contribution in [0, 0.1) is 5.92 Å². The summed E-state index contributed by atoms with van der Waals surface area (Å²) in [5.41, 5.74) is 3.81. The van der Waals surface area contributed by atoms with Gasteiger partial charge in [-0.2, -0.15) is 0 Å². The number of unbranched alkanes of at least 4 members (excludes halogenated alkanes) is 7. The molecule has 0 amide bonds. The molecule has 0 bridgehead atoms. The standard InChI is InChI=1S/C27H42N2/c1-4-6-7-8-12-15-24-17-19-26(20-18-24)27-28-21-25(22-29-27)16-13-10-9-11-14-23(3)5-2/h17-23H,4-16H2,1-3H3. The Hall–Kier alpha value is -1.70. The van der Waals surface area contributed by atoms with Gasteiger partial charge in [0.05, 0.1) is 0 Å². The first-order chi connectivity index (χ1) is 14.2. The maximum Gasteiger partial charge on any atom is 0.159 e. The van der Waals surface area contributed by atoms with Crippen LogP contribution in [0.4, 0.5) is 0 Å². The van der Waals surface area contributed by atoms with Crippen LogP contribution in [0.25, 0.3) is 11.4 Å². The summed E-state index contributed by atoms with van der Waals surface area (Å²) in [6, 6.07) is 8.83. The monoisotopic (exact) mass is 394 g/mol. The van der Waals surface area contributed by atoms with Crippen molar-refractivity contribution in [3.63, 3.8) is 0 Å². The molecule has 2 nitrogen and oxygen atoms in total. The summed E-state index contributed by atoms with van der Waals surface area (Å²) in [7, 11) is 0. The second-order valence-corrected chi connectivity index (χ2v) is 8.74. The molecule has 2 heteroatoms. The molecule has 1 aromatic heterocycles. The number of hydrogen-bond acceptors (Lipinski definition) is 2. The minimum absolute atomic E-state index is 0.844. The molecule has 1 aromatic carbocycles. The van der Waals surface area contributed by atoms with E-state index < -0.39 is 0 Å². The van der Waals surface area contributed by atoms with Crippen LogP contribution in [0.3, 0.4) is 0 Å². The number of nitrogens with zero attached hydrogens (tertiary/aromatic N) is 2. The summed E-state index contributed by atoms with van der Waals surface area (Å²) in [6.07, 6.45) is 21.0. The van der Waals surface area contributed by atoms with Crippen molar-refractivity contribution >= 4 is 0 Å². The fourth-order valence-electron chi connectivity index (χ4n) is 3.77. The molecule has 0 fully saturated rings. The van der Waals surface area contributed by atoms with Crippen molar-refractivity contribution in [3.8, 4) is 11.4 Å². The molecule has 160 valence electrons. The first-order valence-electron chi connectivity index (χ1n) is 12.1. The van der Waals surface area contributed by atoms with Crippen LogP contribution in [-0.4, -0.2) is 9.97 Å². The van der Waals surface area contributed by atoms with Gasteiger partial charge in [0, 0.05) is 18.0 Å². The van der Waals surface area contributed by atoms with Crippen molar-refractivity contribution in [1.82, 2.24) is 9.97 Å². The van der Waals surface area contributed by atoms with E-state index in [2.05, 4.69) is 55.0 Å². The average Bonchev–Trinajstić information content (AvgIpc) is 2.76. The van der Waals surface area contributed by atoms with E-state index in [1.165, 1.54) is 88.2 Å². The second kappa shape index (κ2) is 14.3. The fourth-order valence-corrected chi connectivity index (χ4v) is 3.77. The lowest BCUT2D eigenvalue weighted by Gasteiger charge is -2.07. The lowest BCUT2D eigenvalue weighted by Crippen LogP contribution is -1.94. The predicted molar refractivity (Wildman–Crippen MR) is 126 cm³/mol. The molecule has 0 saturated heterocycles. The van der Waals surface area contributed by atoms with Crippen molar-refractivity contribution in [1.29, 1.82) is 0 Å². The highest BCUT2D eigenvalue weighted by Gasteiger charge is 2.03. The number of aromatic nitrogens is 2. The molecular formula is C27H42N2. The summed E-state index contributed by atoms with van der Waals surface area (Å²) in [5, 5.41) is 0. The quantitative estimate of drug-likeness (QED) is 0.284. The predicted octanol–water partition coefficient (Wildman–Crippen LogP) is 8.20. The van der Waals surface area contributed by atoms with Crippen molar-refractivity contribution in [2.24, 2.45) is 5.92 Å². The van der Waals surface area contributed by atoms with Gasteiger partial charge < -0.3 is 0 Å². The first-order valence-corrected chi connectivity index (χ1v) is 12.1. The summed E-state index contributed by atoms with van der Waals surface area (Å²) in [6.45, 7) is 6.92. The Kier molecular flexibility index (Phi) is 11.6. The van der Waals surface area contributed by atoms with Gasteiger partial charge in [-0.05, 0) is 42.7 Å². The maximum atomic E-state index is 4.61. The van der Waals surface area contributed by atoms with Crippen LogP contribution in [0.5, 0.6) is 0 Å². The van der Waals surface area contributed by atoms with Gasteiger partial charge in [0.15, 0.2) is 5.82 Å². The normalized spacial score (nSPS) is 12.2. The van der Waals surface area contributed by atoms with Gasteiger partial charge in [-0.1, -0.05) is 103 Å². The molecule has 0 aliphatic heterocycles. The largest absolute Gasteiger partial charge is 0.236 e. The van der Waals surface area contributed by atoms with E-state index in [9.17, 15) is 0 Å². The van der Waals surface area contributed by atoms with E-state index in [0.717, 1.165) is 23.7 Å². The Balaban J connectivity index is 1.69. The van der Waals surface area contributed by atoms with E-state index in [1.54, 1.807) is 0 Å². The molecule has 2 rings (SSSR count). The van der Waals surface area contributed by atoms with E-state index in [0.29, 0.717) is 0 Å². The van der Waals surface area contributed by atoms with Crippen molar-refractivity contribution in [2.45, 2.75) is 104 Å². The Labute approximate surface area is 179 Å². The lowest BCUT2D eigenvalue weighted by molar-refractivity contribution is 0.474. The average molecular weight is 395 g/mol. The molecule has 0 aliphatic carbocycles. The minimum Gasteiger partial charge on any atom is -0.236 e. The molecule has 1 unspecified atom stereocenters. The third kappa shape index (κ3) is 9.56. The van der Waals surface area contributed by atoms with Crippen molar-refractivity contribution < 1.29 is 0 Å². The lowest BCUT2D eigenvalue weighted by atomic mass is 10.00. The fraction of sp³-hybridized carbons (Fsp3) is 0.630. The van der Waals surface area contributed by atoms with Gasteiger partial charge in [-0.3, -0.25) is 0 Å². The highest BCUT2D eigenvalue weighted by atomic mass is 14.9. The van der Waals surface area contributed by atoms with E-state index >= 15 is 0 Å². The number of hydrogen-bond donors (Lipinski definition) is 0. The SMILES string of the molecule is CCCCCCCc1ccc(-c2ncc(CCCCCCC(C)CC)cn2)cc1. The third-order valence-corrected chi connectivity index (χ3v) is 6.10. The molecule has 29 heavy (non-hydrogen) atoms.